The Hall–Kier alpha value is -2.76. The summed E-state index contributed by atoms with van der Waals surface area (Å²) < 4.78 is 0. The fourth-order valence-corrected chi connectivity index (χ4v) is 4.13. The highest BCUT2D eigenvalue weighted by molar-refractivity contribution is 6.40. The highest BCUT2D eigenvalue weighted by atomic mass is 35.5. The minimum atomic E-state index is -1.23. The van der Waals surface area contributed by atoms with Crippen molar-refractivity contribution < 1.29 is 19.8 Å². The fraction of sp³-hybridized carbons (Fsp3) is 0.182. The van der Waals surface area contributed by atoms with Gasteiger partial charge in [-0.15, -0.1) is 0 Å². The normalized spacial score (nSPS) is 11.1. The van der Waals surface area contributed by atoms with E-state index in [1.54, 1.807) is 6.07 Å². The van der Waals surface area contributed by atoms with E-state index in [2.05, 4.69) is 5.32 Å². The monoisotopic (exact) mass is 431 g/mol. The predicted molar refractivity (Wildman–Crippen MR) is 116 cm³/mol. The first kappa shape index (κ1) is 21.0. The quantitative estimate of drug-likeness (QED) is 0.428. The molecular formula is C22H19Cl2NO4. The van der Waals surface area contributed by atoms with Crippen LogP contribution in [-0.2, 0) is 9.59 Å². The molecule has 0 heterocycles. The second-order valence-electron chi connectivity index (χ2n) is 6.99. The number of halogens is 2. The van der Waals surface area contributed by atoms with Gasteiger partial charge < -0.3 is 15.5 Å². The molecule has 3 aromatic rings. The molecule has 0 unspecified atom stereocenters. The number of hydrogen-bond acceptors (Lipinski definition) is 3. The topological polar surface area (TPSA) is 86.6 Å². The molecule has 0 saturated carbocycles. The third kappa shape index (κ3) is 4.31. The van der Waals surface area contributed by atoms with E-state index in [0.29, 0.717) is 21.3 Å². The summed E-state index contributed by atoms with van der Waals surface area (Å²) in [5.41, 5.74) is 2.54. The summed E-state index contributed by atoms with van der Waals surface area (Å²) in [6, 6.07) is 12.2. The Labute approximate surface area is 177 Å². The number of carbonyl (C=O) groups excluding carboxylic acids is 1. The molecule has 3 N–H and O–H groups in total. The van der Waals surface area contributed by atoms with Gasteiger partial charge in [0.2, 0.25) is 5.91 Å². The third-order valence-electron chi connectivity index (χ3n) is 4.56. The van der Waals surface area contributed by atoms with Crippen LogP contribution in [0, 0.1) is 0 Å². The van der Waals surface area contributed by atoms with E-state index in [9.17, 15) is 14.7 Å². The summed E-state index contributed by atoms with van der Waals surface area (Å²) in [6.45, 7) is 4.02. The third-order valence-corrected chi connectivity index (χ3v) is 5.16. The zero-order chi connectivity index (χ0) is 21.3. The van der Waals surface area contributed by atoms with Crippen LogP contribution < -0.4 is 5.32 Å². The molecule has 150 valence electrons. The predicted octanol–water partition coefficient (Wildman–Crippen LogP) is 6.06. The number of phenols is 1. The first-order valence-electron chi connectivity index (χ1n) is 8.94. The lowest BCUT2D eigenvalue weighted by Gasteiger charge is -2.17. The molecule has 0 aliphatic carbocycles. The number of nitrogens with one attached hydrogen (secondary N) is 1. The molecule has 0 saturated heterocycles. The van der Waals surface area contributed by atoms with Crippen LogP contribution >= 0.6 is 23.2 Å². The van der Waals surface area contributed by atoms with Crippen LogP contribution in [0.3, 0.4) is 0 Å². The second-order valence-corrected chi connectivity index (χ2v) is 7.80. The van der Waals surface area contributed by atoms with Gasteiger partial charge in [0.1, 0.15) is 12.2 Å². The van der Waals surface area contributed by atoms with Crippen LogP contribution in [0.1, 0.15) is 31.7 Å². The summed E-state index contributed by atoms with van der Waals surface area (Å²) in [4.78, 5) is 22.4. The van der Waals surface area contributed by atoms with Crippen molar-refractivity contribution in [3.05, 3.63) is 58.1 Å². The molecule has 5 nitrogen and oxygen atoms in total. The van der Waals surface area contributed by atoms with Gasteiger partial charge >= 0.3 is 5.97 Å². The lowest BCUT2D eigenvalue weighted by Crippen LogP contribution is -2.15. The number of anilines is 1. The van der Waals surface area contributed by atoms with E-state index < -0.39 is 18.3 Å². The van der Waals surface area contributed by atoms with Gasteiger partial charge in [0.15, 0.2) is 0 Å². The second kappa shape index (κ2) is 8.31. The average molecular weight is 432 g/mol. The number of aromatic hydroxyl groups is 1. The van der Waals surface area contributed by atoms with Gasteiger partial charge in [-0.2, -0.15) is 0 Å². The molecule has 0 radical (unpaired) electrons. The molecule has 0 aliphatic heterocycles. The van der Waals surface area contributed by atoms with Crippen LogP contribution in [0.5, 0.6) is 5.75 Å². The number of fused-ring (bicyclic) bond motifs is 1. The maximum absolute atomic E-state index is 11.7. The lowest BCUT2D eigenvalue weighted by molar-refractivity contribution is -0.139. The summed E-state index contributed by atoms with van der Waals surface area (Å²) in [5.74, 6) is -1.54. The zero-order valence-corrected chi connectivity index (χ0v) is 17.3. The number of carbonyl (C=O) groups is 2. The van der Waals surface area contributed by atoms with Crippen LogP contribution in [0.25, 0.3) is 21.9 Å². The van der Waals surface area contributed by atoms with Crippen molar-refractivity contribution in [3.8, 4) is 16.9 Å². The SMILES string of the molecule is CC(C)c1c(O)ccc2c(-c3c(Cl)cc(NC(=O)CC(=O)O)cc3Cl)cccc12. The molecule has 7 heteroatoms. The number of carboxylic acids is 1. The number of benzene rings is 3. The Balaban J connectivity index is 2.12. The van der Waals surface area contributed by atoms with Gasteiger partial charge in [0.05, 0.1) is 10.0 Å². The standard InChI is InChI=1S/C22H19Cl2NO4/c1-11(2)21-14-4-3-5-15(13(14)6-7-18(21)26)22-16(23)8-12(9-17(22)24)25-19(27)10-20(28)29/h3-9,11,26H,10H2,1-2H3,(H,25,27)(H,28,29). The number of amides is 1. The van der Waals surface area contributed by atoms with E-state index in [1.165, 1.54) is 12.1 Å². The molecule has 0 aromatic heterocycles. The van der Waals surface area contributed by atoms with Gasteiger partial charge in [-0.3, -0.25) is 9.59 Å². The smallest absolute Gasteiger partial charge is 0.312 e. The van der Waals surface area contributed by atoms with Crippen molar-refractivity contribution in [2.45, 2.75) is 26.2 Å². The summed E-state index contributed by atoms with van der Waals surface area (Å²) in [6.07, 6.45) is -0.651. The van der Waals surface area contributed by atoms with Crippen molar-refractivity contribution in [1.82, 2.24) is 0 Å². The summed E-state index contributed by atoms with van der Waals surface area (Å²) >= 11 is 13.0. The Morgan fingerprint density at radius 2 is 1.69 bits per heavy atom. The molecule has 1 amide bonds. The fourth-order valence-electron chi connectivity index (χ4n) is 3.44. The van der Waals surface area contributed by atoms with Crippen LogP contribution in [0.15, 0.2) is 42.5 Å². The van der Waals surface area contributed by atoms with Crippen LogP contribution in [0.2, 0.25) is 10.0 Å². The van der Waals surface area contributed by atoms with E-state index >= 15 is 0 Å². The van der Waals surface area contributed by atoms with Gasteiger partial charge in [-0.1, -0.05) is 61.3 Å². The highest BCUT2D eigenvalue weighted by Gasteiger charge is 2.18. The molecule has 0 spiro atoms. The first-order valence-corrected chi connectivity index (χ1v) is 9.70. The van der Waals surface area contributed by atoms with Crippen LogP contribution in [0.4, 0.5) is 5.69 Å². The Morgan fingerprint density at radius 1 is 1.03 bits per heavy atom. The van der Waals surface area contributed by atoms with Crippen molar-refractivity contribution >= 4 is 51.5 Å². The molecule has 0 fully saturated rings. The molecule has 3 rings (SSSR count). The van der Waals surface area contributed by atoms with E-state index in [-0.39, 0.29) is 11.7 Å². The van der Waals surface area contributed by atoms with Crippen molar-refractivity contribution in [3.63, 3.8) is 0 Å². The van der Waals surface area contributed by atoms with Gasteiger partial charge in [-0.05, 0) is 40.5 Å². The summed E-state index contributed by atoms with van der Waals surface area (Å²) in [7, 11) is 0. The number of carboxylic acid groups (broad SMARTS) is 1. The van der Waals surface area contributed by atoms with E-state index in [4.69, 9.17) is 28.3 Å². The number of rotatable bonds is 5. The molecule has 3 aromatic carbocycles. The zero-order valence-electron chi connectivity index (χ0n) is 15.8. The molecular weight excluding hydrogens is 413 g/mol. The van der Waals surface area contributed by atoms with E-state index in [1.807, 2.05) is 38.1 Å². The molecule has 29 heavy (non-hydrogen) atoms. The van der Waals surface area contributed by atoms with Crippen molar-refractivity contribution in [2.75, 3.05) is 5.32 Å². The maximum atomic E-state index is 11.7. The highest BCUT2D eigenvalue weighted by Crippen LogP contribution is 2.43. The van der Waals surface area contributed by atoms with E-state index in [0.717, 1.165) is 21.9 Å². The van der Waals surface area contributed by atoms with Gasteiger partial charge in [0.25, 0.3) is 0 Å². The molecule has 0 atom stereocenters. The number of phenolic OH excluding ortho intramolecular Hbond substituents is 1. The molecule has 0 aliphatic rings. The molecule has 0 bridgehead atoms. The largest absolute Gasteiger partial charge is 0.508 e. The Bertz CT molecular complexity index is 1100. The minimum Gasteiger partial charge on any atom is -0.508 e. The Morgan fingerprint density at radius 3 is 2.28 bits per heavy atom. The minimum absolute atomic E-state index is 0.117. The number of hydrogen-bond donors (Lipinski definition) is 3. The summed E-state index contributed by atoms with van der Waals surface area (Å²) in [5, 5.41) is 23.9. The van der Waals surface area contributed by atoms with Gasteiger partial charge in [0, 0.05) is 16.8 Å². The average Bonchev–Trinajstić information content (AvgIpc) is 2.59. The Kier molecular flexibility index (Phi) is 6.01. The number of aliphatic carboxylic acids is 1. The first-order chi connectivity index (χ1) is 13.7. The van der Waals surface area contributed by atoms with Crippen LogP contribution in [-0.4, -0.2) is 22.1 Å². The maximum Gasteiger partial charge on any atom is 0.312 e. The lowest BCUT2D eigenvalue weighted by atomic mass is 9.91. The van der Waals surface area contributed by atoms with Gasteiger partial charge in [-0.25, -0.2) is 0 Å². The van der Waals surface area contributed by atoms with Crippen molar-refractivity contribution in [1.29, 1.82) is 0 Å². The van der Waals surface area contributed by atoms with Crippen molar-refractivity contribution in [2.24, 2.45) is 0 Å².